The second kappa shape index (κ2) is 7.31. The number of rotatable bonds is 4. The van der Waals surface area contributed by atoms with Gasteiger partial charge in [0.05, 0.1) is 6.61 Å². The summed E-state index contributed by atoms with van der Waals surface area (Å²) in [5, 5.41) is 16.3. The number of piperidine rings is 1. The van der Waals surface area contributed by atoms with E-state index in [9.17, 15) is 14.7 Å². The number of aliphatic hydroxyl groups excluding tert-OH is 1. The number of amides is 2. The third-order valence-corrected chi connectivity index (χ3v) is 5.54. The normalized spacial score (nSPS) is 18.8. The van der Waals surface area contributed by atoms with E-state index in [1.165, 1.54) is 0 Å². The van der Waals surface area contributed by atoms with Crippen molar-refractivity contribution in [2.75, 3.05) is 25.0 Å². The quantitative estimate of drug-likeness (QED) is 0.845. The molecule has 0 aliphatic carbocycles. The Balaban J connectivity index is 1.57. The summed E-state index contributed by atoms with van der Waals surface area (Å²) in [7, 11) is 0. The van der Waals surface area contributed by atoms with Gasteiger partial charge in [-0.05, 0) is 17.7 Å². The van der Waals surface area contributed by atoms with E-state index < -0.39 is 5.60 Å². The predicted octanol–water partition coefficient (Wildman–Crippen LogP) is 2.05. The number of nitrogens with one attached hydrogen (secondary N) is 1. The lowest BCUT2D eigenvalue weighted by atomic mass is 9.85. The Morgan fingerprint density at radius 1 is 1.26 bits per heavy atom. The third kappa shape index (κ3) is 4.13. The molecule has 2 aliphatic heterocycles. The van der Waals surface area contributed by atoms with Crippen LogP contribution in [-0.4, -0.2) is 52.8 Å². The first-order valence-electron chi connectivity index (χ1n) is 9.28. The standard InChI is InChI=1S/C20H27N3O4/c1-14(25)23-10-8-20(9-11-23)12-17(22-27-20)18(26)21-16-6-4-15(5-7-16)19(2,3)13-24/h4-7,24H,8-13H2,1-3H3,(H,21,26). The molecule has 1 spiro atoms. The number of benzene rings is 1. The zero-order valence-corrected chi connectivity index (χ0v) is 16.1. The van der Waals surface area contributed by atoms with Gasteiger partial charge in [-0.2, -0.15) is 0 Å². The third-order valence-electron chi connectivity index (χ3n) is 5.54. The van der Waals surface area contributed by atoms with Crippen LogP contribution in [0.2, 0.25) is 0 Å². The highest BCUT2D eigenvalue weighted by Gasteiger charge is 2.44. The minimum absolute atomic E-state index is 0.0516. The molecule has 1 aromatic rings. The van der Waals surface area contributed by atoms with Crippen LogP contribution in [0.3, 0.4) is 0 Å². The van der Waals surface area contributed by atoms with Gasteiger partial charge in [0.2, 0.25) is 5.91 Å². The van der Waals surface area contributed by atoms with Gasteiger partial charge in [0.15, 0.2) is 0 Å². The van der Waals surface area contributed by atoms with Gasteiger partial charge in [-0.3, -0.25) is 9.59 Å². The Morgan fingerprint density at radius 2 is 1.89 bits per heavy atom. The van der Waals surface area contributed by atoms with Crippen LogP contribution in [0.5, 0.6) is 0 Å². The summed E-state index contributed by atoms with van der Waals surface area (Å²) in [5.74, 6) is -0.204. The summed E-state index contributed by atoms with van der Waals surface area (Å²) in [4.78, 5) is 31.4. The Bertz CT molecular complexity index is 747. The first-order chi connectivity index (χ1) is 12.7. The number of oxime groups is 1. The first-order valence-corrected chi connectivity index (χ1v) is 9.28. The molecule has 3 rings (SSSR count). The van der Waals surface area contributed by atoms with E-state index in [1.54, 1.807) is 11.8 Å². The molecule has 7 heteroatoms. The van der Waals surface area contributed by atoms with Gasteiger partial charge in [0.1, 0.15) is 11.3 Å². The van der Waals surface area contributed by atoms with Crippen LogP contribution in [0.4, 0.5) is 5.69 Å². The topological polar surface area (TPSA) is 91.2 Å². The number of carbonyl (C=O) groups excluding carboxylic acids is 2. The SMILES string of the molecule is CC(=O)N1CCC2(CC1)CC(C(=O)Nc1ccc(C(C)(C)CO)cc1)=NO2. The van der Waals surface area contributed by atoms with Gasteiger partial charge in [0.25, 0.3) is 5.91 Å². The second-order valence-electron chi connectivity index (χ2n) is 8.07. The largest absolute Gasteiger partial charge is 0.395 e. The van der Waals surface area contributed by atoms with Crippen molar-refractivity contribution in [3.63, 3.8) is 0 Å². The van der Waals surface area contributed by atoms with E-state index in [1.807, 2.05) is 38.1 Å². The minimum Gasteiger partial charge on any atom is -0.395 e. The summed E-state index contributed by atoms with van der Waals surface area (Å²) in [5.41, 5.74) is 1.26. The van der Waals surface area contributed by atoms with E-state index >= 15 is 0 Å². The van der Waals surface area contributed by atoms with Crippen LogP contribution in [0.25, 0.3) is 0 Å². The maximum absolute atomic E-state index is 12.5. The molecule has 2 amide bonds. The van der Waals surface area contributed by atoms with Crippen molar-refractivity contribution in [3.8, 4) is 0 Å². The van der Waals surface area contributed by atoms with Crippen LogP contribution < -0.4 is 5.32 Å². The Hall–Kier alpha value is -2.41. The fourth-order valence-corrected chi connectivity index (χ4v) is 3.44. The average molecular weight is 373 g/mol. The minimum atomic E-state index is -0.465. The molecule has 0 saturated carbocycles. The zero-order valence-electron chi connectivity index (χ0n) is 16.1. The molecule has 1 aromatic carbocycles. The van der Waals surface area contributed by atoms with Gasteiger partial charge in [-0.15, -0.1) is 0 Å². The number of aliphatic hydroxyl groups is 1. The van der Waals surface area contributed by atoms with E-state index in [0.29, 0.717) is 43.8 Å². The smallest absolute Gasteiger partial charge is 0.273 e. The van der Waals surface area contributed by atoms with Gasteiger partial charge >= 0.3 is 0 Å². The highest BCUT2D eigenvalue weighted by molar-refractivity contribution is 6.43. The zero-order chi connectivity index (χ0) is 19.7. The van der Waals surface area contributed by atoms with Crippen molar-refractivity contribution in [2.45, 2.75) is 51.0 Å². The van der Waals surface area contributed by atoms with E-state index in [4.69, 9.17) is 4.84 Å². The summed E-state index contributed by atoms with van der Waals surface area (Å²) in [6.45, 7) is 6.79. The van der Waals surface area contributed by atoms with Crippen molar-refractivity contribution in [2.24, 2.45) is 5.16 Å². The maximum atomic E-state index is 12.5. The highest BCUT2D eigenvalue weighted by atomic mass is 16.7. The number of carbonyl (C=O) groups is 2. The number of nitrogens with zero attached hydrogens (tertiary/aromatic N) is 2. The predicted molar refractivity (Wildman–Crippen MR) is 103 cm³/mol. The van der Waals surface area contributed by atoms with Crippen LogP contribution in [-0.2, 0) is 19.8 Å². The molecule has 0 aromatic heterocycles. The molecule has 7 nitrogen and oxygen atoms in total. The lowest BCUT2D eigenvalue weighted by Crippen LogP contribution is -2.46. The fraction of sp³-hybridized carbons (Fsp3) is 0.550. The monoisotopic (exact) mass is 373 g/mol. The van der Waals surface area contributed by atoms with Crippen molar-refractivity contribution in [1.82, 2.24) is 4.90 Å². The summed E-state index contributed by atoms with van der Waals surface area (Å²) < 4.78 is 0. The highest BCUT2D eigenvalue weighted by Crippen LogP contribution is 2.35. The molecule has 2 N–H and O–H groups in total. The Kier molecular flexibility index (Phi) is 5.24. The molecule has 1 fully saturated rings. The molecule has 146 valence electrons. The van der Waals surface area contributed by atoms with E-state index in [2.05, 4.69) is 10.5 Å². The van der Waals surface area contributed by atoms with Gasteiger partial charge in [-0.1, -0.05) is 31.1 Å². The van der Waals surface area contributed by atoms with Gasteiger partial charge in [0, 0.05) is 50.4 Å². The molecule has 0 bridgehead atoms. The molecule has 2 aliphatic rings. The van der Waals surface area contributed by atoms with Gasteiger partial charge < -0.3 is 20.2 Å². The number of likely N-dealkylation sites (tertiary alicyclic amines) is 1. The summed E-state index contributed by atoms with van der Waals surface area (Å²) in [6, 6.07) is 7.44. The summed E-state index contributed by atoms with van der Waals surface area (Å²) >= 11 is 0. The lowest BCUT2D eigenvalue weighted by molar-refractivity contribution is -0.134. The lowest BCUT2D eigenvalue weighted by Gasteiger charge is -2.36. The van der Waals surface area contributed by atoms with Crippen molar-refractivity contribution < 1.29 is 19.5 Å². The Morgan fingerprint density at radius 3 is 2.44 bits per heavy atom. The molecule has 0 radical (unpaired) electrons. The van der Waals surface area contributed by atoms with Crippen LogP contribution in [0.1, 0.15) is 45.6 Å². The van der Waals surface area contributed by atoms with Crippen LogP contribution >= 0.6 is 0 Å². The van der Waals surface area contributed by atoms with Crippen molar-refractivity contribution >= 4 is 23.2 Å². The average Bonchev–Trinajstić information content (AvgIpc) is 3.06. The van der Waals surface area contributed by atoms with E-state index in [-0.39, 0.29) is 23.8 Å². The molecular formula is C20H27N3O4. The number of anilines is 1. The Labute approximate surface area is 159 Å². The molecule has 27 heavy (non-hydrogen) atoms. The number of hydrogen-bond acceptors (Lipinski definition) is 5. The second-order valence-corrected chi connectivity index (χ2v) is 8.07. The first kappa shape index (κ1) is 19.4. The van der Waals surface area contributed by atoms with Gasteiger partial charge in [-0.25, -0.2) is 0 Å². The van der Waals surface area contributed by atoms with Crippen LogP contribution in [0.15, 0.2) is 29.4 Å². The van der Waals surface area contributed by atoms with Crippen LogP contribution in [0, 0.1) is 0 Å². The molecule has 0 unspecified atom stereocenters. The van der Waals surface area contributed by atoms with E-state index in [0.717, 1.165) is 5.56 Å². The number of hydrogen-bond donors (Lipinski definition) is 2. The maximum Gasteiger partial charge on any atom is 0.273 e. The molecule has 2 heterocycles. The van der Waals surface area contributed by atoms with Crippen molar-refractivity contribution in [1.29, 1.82) is 0 Å². The molecule has 1 saturated heterocycles. The van der Waals surface area contributed by atoms with Crippen molar-refractivity contribution in [3.05, 3.63) is 29.8 Å². The molecular weight excluding hydrogens is 346 g/mol. The molecule has 0 atom stereocenters. The fourth-order valence-electron chi connectivity index (χ4n) is 3.44. The summed E-state index contributed by atoms with van der Waals surface area (Å²) in [6.07, 6.45) is 1.82.